The Morgan fingerprint density at radius 1 is 1.29 bits per heavy atom. The van der Waals surface area contributed by atoms with E-state index in [4.69, 9.17) is 0 Å². The van der Waals surface area contributed by atoms with E-state index in [1.54, 1.807) is 0 Å². The lowest BCUT2D eigenvalue weighted by atomic mass is 9.63. The van der Waals surface area contributed by atoms with Crippen LogP contribution in [0.2, 0.25) is 0 Å². The molecule has 2 bridgehead atoms. The first kappa shape index (κ1) is 9.21. The zero-order valence-corrected chi connectivity index (χ0v) is 9.26. The first-order valence-electron chi connectivity index (χ1n) is 6.42. The van der Waals surface area contributed by atoms with Gasteiger partial charge < -0.3 is 5.11 Å². The molecule has 14 heavy (non-hydrogen) atoms. The van der Waals surface area contributed by atoms with Gasteiger partial charge in [-0.25, -0.2) is 0 Å². The molecule has 1 heteroatoms. The fourth-order valence-corrected chi connectivity index (χ4v) is 5.03. The Balaban J connectivity index is 1.96. The highest BCUT2D eigenvalue weighted by molar-refractivity contribution is 5.12. The second-order valence-electron chi connectivity index (χ2n) is 5.97. The van der Waals surface area contributed by atoms with Crippen molar-refractivity contribution in [2.24, 2.45) is 17.3 Å². The standard InChI is InChI=1S/C13H22O/c1-2-13(14)7-3-6-12(13)9-10-4-5-11(12)8-10/h10-11,14H,2-9H2,1H3/t10-,11+,12+,13?/m1/s1. The van der Waals surface area contributed by atoms with Gasteiger partial charge in [0.1, 0.15) is 0 Å². The van der Waals surface area contributed by atoms with Crippen molar-refractivity contribution in [2.75, 3.05) is 0 Å². The third-order valence-electron chi connectivity index (χ3n) is 5.70. The molecule has 3 fully saturated rings. The van der Waals surface area contributed by atoms with Gasteiger partial charge in [-0.15, -0.1) is 0 Å². The van der Waals surface area contributed by atoms with E-state index in [0.29, 0.717) is 5.41 Å². The molecule has 3 rings (SSSR count). The fraction of sp³-hybridized carbons (Fsp3) is 1.00. The zero-order chi connectivity index (χ0) is 9.81. The highest BCUT2D eigenvalue weighted by Crippen LogP contribution is 2.66. The monoisotopic (exact) mass is 194 g/mol. The summed E-state index contributed by atoms with van der Waals surface area (Å²) < 4.78 is 0. The quantitative estimate of drug-likeness (QED) is 0.680. The topological polar surface area (TPSA) is 20.2 Å². The van der Waals surface area contributed by atoms with E-state index in [9.17, 15) is 5.11 Å². The lowest BCUT2D eigenvalue weighted by Gasteiger charge is -2.45. The molecule has 80 valence electrons. The van der Waals surface area contributed by atoms with Gasteiger partial charge in [-0.3, -0.25) is 0 Å². The number of aliphatic hydroxyl groups is 1. The number of fused-ring (bicyclic) bond motifs is 3. The van der Waals surface area contributed by atoms with Crippen molar-refractivity contribution >= 4 is 0 Å². The summed E-state index contributed by atoms with van der Waals surface area (Å²) in [6, 6.07) is 0. The van der Waals surface area contributed by atoms with Crippen molar-refractivity contribution in [3.63, 3.8) is 0 Å². The van der Waals surface area contributed by atoms with E-state index in [-0.39, 0.29) is 5.60 Å². The molecule has 0 saturated heterocycles. The highest BCUT2D eigenvalue weighted by atomic mass is 16.3. The SMILES string of the molecule is CCC1(O)CCC[C@@]12C[C@@H]1CC[C@H]2C1. The van der Waals surface area contributed by atoms with Crippen LogP contribution in [0.3, 0.4) is 0 Å². The van der Waals surface area contributed by atoms with Crippen molar-refractivity contribution in [1.82, 2.24) is 0 Å². The smallest absolute Gasteiger partial charge is 0.0703 e. The second kappa shape index (κ2) is 2.75. The summed E-state index contributed by atoms with van der Waals surface area (Å²) in [5.41, 5.74) is 0.0809. The van der Waals surface area contributed by atoms with Gasteiger partial charge in [0.05, 0.1) is 5.60 Å². The molecule has 1 N–H and O–H groups in total. The van der Waals surface area contributed by atoms with Crippen LogP contribution in [0.25, 0.3) is 0 Å². The van der Waals surface area contributed by atoms with Crippen LogP contribution in [-0.2, 0) is 0 Å². The summed E-state index contributed by atoms with van der Waals surface area (Å²) in [5, 5.41) is 10.8. The first-order chi connectivity index (χ1) is 6.70. The fourth-order valence-electron chi connectivity index (χ4n) is 5.03. The molecule has 1 unspecified atom stereocenters. The zero-order valence-electron chi connectivity index (χ0n) is 9.26. The molecule has 0 radical (unpaired) electrons. The molecule has 0 aromatic carbocycles. The summed E-state index contributed by atoms with van der Waals surface area (Å²) >= 11 is 0. The third kappa shape index (κ3) is 0.900. The maximum absolute atomic E-state index is 10.8. The average molecular weight is 194 g/mol. The van der Waals surface area contributed by atoms with E-state index in [2.05, 4.69) is 6.92 Å². The summed E-state index contributed by atoms with van der Waals surface area (Å²) in [6.45, 7) is 2.18. The Morgan fingerprint density at radius 3 is 2.71 bits per heavy atom. The molecule has 0 aromatic rings. The minimum Gasteiger partial charge on any atom is -0.389 e. The highest BCUT2D eigenvalue weighted by Gasteiger charge is 2.62. The van der Waals surface area contributed by atoms with Crippen molar-refractivity contribution in [1.29, 1.82) is 0 Å². The Labute approximate surface area is 86.9 Å². The van der Waals surface area contributed by atoms with E-state index in [0.717, 1.165) is 24.7 Å². The van der Waals surface area contributed by atoms with Crippen molar-refractivity contribution in [2.45, 2.75) is 63.9 Å². The molecule has 1 spiro atoms. The van der Waals surface area contributed by atoms with Gasteiger partial charge in [0.15, 0.2) is 0 Å². The molecule has 3 aliphatic carbocycles. The second-order valence-corrected chi connectivity index (χ2v) is 5.97. The maximum Gasteiger partial charge on any atom is 0.0703 e. The predicted octanol–water partition coefficient (Wildman–Crippen LogP) is 3.12. The number of hydrogen-bond acceptors (Lipinski definition) is 1. The predicted molar refractivity (Wildman–Crippen MR) is 57.0 cm³/mol. The molecular weight excluding hydrogens is 172 g/mol. The third-order valence-corrected chi connectivity index (χ3v) is 5.70. The van der Waals surface area contributed by atoms with Crippen LogP contribution in [0, 0.1) is 17.3 Å². The molecule has 1 nitrogen and oxygen atoms in total. The molecule has 4 atom stereocenters. The molecular formula is C13H22O. The van der Waals surface area contributed by atoms with E-state index in [1.165, 1.54) is 38.5 Å². The molecule has 0 amide bonds. The minimum atomic E-state index is -0.285. The van der Waals surface area contributed by atoms with Crippen molar-refractivity contribution in [3.05, 3.63) is 0 Å². The van der Waals surface area contributed by atoms with E-state index >= 15 is 0 Å². The van der Waals surface area contributed by atoms with Crippen LogP contribution in [0.4, 0.5) is 0 Å². The normalized spacial score (nSPS) is 56.1. The Bertz CT molecular complexity index is 250. The van der Waals surface area contributed by atoms with Gasteiger partial charge in [-0.2, -0.15) is 0 Å². The average Bonchev–Trinajstić information content (AvgIpc) is 2.84. The van der Waals surface area contributed by atoms with Crippen LogP contribution in [0.5, 0.6) is 0 Å². The maximum atomic E-state index is 10.8. The van der Waals surface area contributed by atoms with E-state index < -0.39 is 0 Å². The van der Waals surface area contributed by atoms with Crippen molar-refractivity contribution in [3.8, 4) is 0 Å². The lowest BCUT2D eigenvalue weighted by Crippen LogP contribution is -2.46. The van der Waals surface area contributed by atoms with Gasteiger partial charge in [0, 0.05) is 5.41 Å². The van der Waals surface area contributed by atoms with Gasteiger partial charge in [-0.05, 0) is 56.8 Å². The van der Waals surface area contributed by atoms with Crippen LogP contribution in [0.15, 0.2) is 0 Å². The van der Waals surface area contributed by atoms with Gasteiger partial charge in [-0.1, -0.05) is 13.3 Å². The summed E-state index contributed by atoms with van der Waals surface area (Å²) in [5.74, 6) is 1.84. The molecule has 0 aliphatic heterocycles. The molecule has 0 heterocycles. The molecule has 3 saturated carbocycles. The first-order valence-corrected chi connectivity index (χ1v) is 6.42. The van der Waals surface area contributed by atoms with Gasteiger partial charge >= 0.3 is 0 Å². The van der Waals surface area contributed by atoms with Crippen LogP contribution >= 0.6 is 0 Å². The van der Waals surface area contributed by atoms with Gasteiger partial charge in [0.25, 0.3) is 0 Å². The van der Waals surface area contributed by atoms with Gasteiger partial charge in [0.2, 0.25) is 0 Å². The lowest BCUT2D eigenvalue weighted by molar-refractivity contribution is -0.0931. The summed E-state index contributed by atoms with van der Waals surface area (Å²) in [4.78, 5) is 0. The Morgan fingerprint density at radius 2 is 2.14 bits per heavy atom. The molecule has 0 aromatic heterocycles. The summed E-state index contributed by atoms with van der Waals surface area (Å²) in [7, 11) is 0. The van der Waals surface area contributed by atoms with Crippen LogP contribution in [0.1, 0.15) is 58.3 Å². The number of rotatable bonds is 1. The van der Waals surface area contributed by atoms with Crippen LogP contribution < -0.4 is 0 Å². The number of hydrogen-bond donors (Lipinski definition) is 1. The Hall–Kier alpha value is -0.0400. The largest absolute Gasteiger partial charge is 0.389 e. The van der Waals surface area contributed by atoms with E-state index in [1.807, 2.05) is 0 Å². The Kier molecular flexibility index (Phi) is 1.81. The summed E-state index contributed by atoms with van der Waals surface area (Å²) in [6.07, 6.45) is 10.3. The minimum absolute atomic E-state index is 0.285. The molecule has 3 aliphatic rings. The van der Waals surface area contributed by atoms with Crippen LogP contribution in [-0.4, -0.2) is 10.7 Å². The van der Waals surface area contributed by atoms with Crippen molar-refractivity contribution < 1.29 is 5.11 Å².